The van der Waals surface area contributed by atoms with Crippen molar-refractivity contribution in [1.29, 1.82) is 0 Å². The van der Waals surface area contributed by atoms with E-state index in [9.17, 15) is 0 Å². The van der Waals surface area contributed by atoms with E-state index in [1.54, 1.807) is 7.11 Å². The molecule has 0 bridgehead atoms. The smallest absolute Gasteiger partial charge is 0.191 e. The van der Waals surface area contributed by atoms with Crippen molar-refractivity contribution in [1.82, 2.24) is 15.5 Å². The van der Waals surface area contributed by atoms with E-state index in [4.69, 9.17) is 19.6 Å². The predicted octanol–water partition coefficient (Wildman–Crippen LogP) is 3.58. The molecule has 182 valence electrons. The van der Waals surface area contributed by atoms with Gasteiger partial charge in [0, 0.05) is 13.1 Å². The Morgan fingerprint density at radius 3 is 2.52 bits per heavy atom. The van der Waals surface area contributed by atoms with Crippen molar-refractivity contribution in [2.45, 2.75) is 32.4 Å². The molecule has 2 aromatic rings. The van der Waals surface area contributed by atoms with Gasteiger partial charge >= 0.3 is 0 Å². The molecule has 1 saturated heterocycles. The third-order valence-electron chi connectivity index (χ3n) is 5.57. The van der Waals surface area contributed by atoms with Crippen molar-refractivity contribution in [3.05, 3.63) is 59.7 Å². The molecule has 8 heteroatoms. The van der Waals surface area contributed by atoms with E-state index in [-0.39, 0.29) is 37.2 Å². The topological polar surface area (TPSA) is 78.4 Å². The van der Waals surface area contributed by atoms with Gasteiger partial charge in [-0.15, -0.1) is 24.0 Å². The van der Waals surface area contributed by atoms with E-state index in [1.807, 2.05) is 18.2 Å². The average molecular weight is 569 g/mol. The van der Waals surface area contributed by atoms with E-state index < -0.39 is 0 Å². The number of aliphatic hydroxyl groups excluding tert-OH is 1. The first-order chi connectivity index (χ1) is 15.7. The third-order valence-corrected chi connectivity index (χ3v) is 5.57. The maximum absolute atomic E-state index is 8.97. The number of aliphatic imine (C=N–C) groups is 1. The SMILES string of the molecule is CCNC(=NCc1ccc(OCCO)c(OC)c1)NCC(c1ccccc1)N1CCCC1.I. The zero-order chi connectivity index (χ0) is 22.6. The number of nitrogens with zero attached hydrogens (tertiary/aromatic N) is 2. The summed E-state index contributed by atoms with van der Waals surface area (Å²) in [6.45, 7) is 6.67. The number of ether oxygens (including phenoxy) is 2. The fourth-order valence-corrected chi connectivity index (χ4v) is 3.98. The van der Waals surface area contributed by atoms with Crippen LogP contribution in [0.3, 0.4) is 0 Å². The van der Waals surface area contributed by atoms with Gasteiger partial charge in [0.2, 0.25) is 0 Å². The summed E-state index contributed by atoms with van der Waals surface area (Å²) in [6.07, 6.45) is 2.52. The lowest BCUT2D eigenvalue weighted by Gasteiger charge is -2.29. The van der Waals surface area contributed by atoms with Gasteiger partial charge in [-0.1, -0.05) is 36.4 Å². The van der Waals surface area contributed by atoms with Gasteiger partial charge < -0.3 is 25.2 Å². The van der Waals surface area contributed by atoms with Crippen LogP contribution in [0.5, 0.6) is 11.5 Å². The standard InChI is InChI=1S/C25H36N4O3.HI/c1-3-26-25(27-18-20-11-12-23(32-16-15-30)24(17-20)31-2)28-19-22(29-13-7-8-14-29)21-9-5-4-6-10-21;/h4-6,9-12,17,22,30H,3,7-8,13-16,18-19H2,1-2H3,(H2,26,27,28);1H. The largest absolute Gasteiger partial charge is 0.493 e. The fraction of sp³-hybridized carbons (Fsp3) is 0.480. The summed E-state index contributed by atoms with van der Waals surface area (Å²) in [6, 6.07) is 16.8. The Bertz CT molecular complexity index is 845. The molecular formula is C25H37IN4O3. The highest BCUT2D eigenvalue weighted by Gasteiger charge is 2.23. The zero-order valence-electron chi connectivity index (χ0n) is 19.6. The normalized spacial score (nSPS) is 14.9. The Labute approximate surface area is 214 Å². The van der Waals surface area contributed by atoms with Gasteiger partial charge in [-0.2, -0.15) is 0 Å². The molecule has 0 aliphatic carbocycles. The number of likely N-dealkylation sites (tertiary alicyclic amines) is 1. The summed E-state index contributed by atoms with van der Waals surface area (Å²) in [4.78, 5) is 7.34. The molecule has 3 N–H and O–H groups in total. The molecule has 2 aromatic carbocycles. The second-order valence-electron chi connectivity index (χ2n) is 7.80. The lowest BCUT2D eigenvalue weighted by atomic mass is 10.1. The fourth-order valence-electron chi connectivity index (χ4n) is 3.98. The maximum Gasteiger partial charge on any atom is 0.191 e. The van der Waals surface area contributed by atoms with Gasteiger partial charge in [0.15, 0.2) is 17.5 Å². The molecule has 0 radical (unpaired) electrons. The molecule has 1 aliphatic rings. The summed E-state index contributed by atoms with van der Waals surface area (Å²) in [7, 11) is 1.61. The van der Waals surface area contributed by atoms with Gasteiger partial charge in [-0.05, 0) is 56.1 Å². The quantitative estimate of drug-likeness (QED) is 0.219. The number of nitrogens with one attached hydrogen (secondary N) is 2. The molecule has 0 aromatic heterocycles. The van der Waals surface area contributed by atoms with Crippen molar-refractivity contribution >= 4 is 29.9 Å². The number of hydrogen-bond acceptors (Lipinski definition) is 5. The summed E-state index contributed by atoms with van der Waals surface area (Å²) in [5, 5.41) is 15.9. The zero-order valence-corrected chi connectivity index (χ0v) is 22.0. The van der Waals surface area contributed by atoms with Crippen molar-refractivity contribution in [2.24, 2.45) is 4.99 Å². The first-order valence-electron chi connectivity index (χ1n) is 11.5. The van der Waals surface area contributed by atoms with Crippen LogP contribution in [0.2, 0.25) is 0 Å². The molecule has 1 aliphatic heterocycles. The van der Waals surface area contributed by atoms with Gasteiger partial charge in [-0.3, -0.25) is 4.90 Å². The minimum Gasteiger partial charge on any atom is -0.493 e. The van der Waals surface area contributed by atoms with E-state index in [1.165, 1.54) is 18.4 Å². The van der Waals surface area contributed by atoms with Crippen molar-refractivity contribution < 1.29 is 14.6 Å². The van der Waals surface area contributed by atoms with Crippen molar-refractivity contribution in [2.75, 3.05) is 46.5 Å². The monoisotopic (exact) mass is 568 g/mol. The van der Waals surface area contributed by atoms with Crippen molar-refractivity contribution in [3.8, 4) is 11.5 Å². The number of halogens is 1. The molecule has 1 unspecified atom stereocenters. The Morgan fingerprint density at radius 1 is 1.09 bits per heavy atom. The molecule has 0 saturated carbocycles. The van der Waals surface area contributed by atoms with Crippen LogP contribution in [0.1, 0.15) is 36.9 Å². The van der Waals surface area contributed by atoms with E-state index in [0.717, 1.165) is 37.7 Å². The average Bonchev–Trinajstić information content (AvgIpc) is 3.36. The number of benzene rings is 2. The highest BCUT2D eigenvalue weighted by Crippen LogP contribution is 2.28. The maximum atomic E-state index is 8.97. The molecule has 0 spiro atoms. The van der Waals surface area contributed by atoms with Crippen LogP contribution in [0.4, 0.5) is 0 Å². The highest BCUT2D eigenvalue weighted by atomic mass is 127. The van der Waals surface area contributed by atoms with Crippen LogP contribution >= 0.6 is 24.0 Å². The summed E-state index contributed by atoms with van der Waals surface area (Å²) >= 11 is 0. The van der Waals surface area contributed by atoms with Crippen LogP contribution in [0.25, 0.3) is 0 Å². The van der Waals surface area contributed by atoms with Crippen LogP contribution in [0, 0.1) is 0 Å². The van der Waals surface area contributed by atoms with Crippen LogP contribution in [-0.2, 0) is 6.54 Å². The Balaban J connectivity index is 0.00000385. The molecule has 1 atom stereocenters. The molecular weight excluding hydrogens is 531 g/mol. The van der Waals surface area contributed by atoms with Crippen LogP contribution in [0.15, 0.2) is 53.5 Å². The first kappa shape index (κ1) is 27.2. The van der Waals surface area contributed by atoms with E-state index in [0.29, 0.717) is 24.1 Å². The number of methoxy groups -OCH3 is 1. The minimum absolute atomic E-state index is 0. The lowest BCUT2D eigenvalue weighted by molar-refractivity contribution is 0.196. The highest BCUT2D eigenvalue weighted by molar-refractivity contribution is 14.0. The molecule has 3 rings (SSSR count). The number of aliphatic hydroxyl groups is 1. The third kappa shape index (κ3) is 8.35. The van der Waals surface area contributed by atoms with Crippen molar-refractivity contribution in [3.63, 3.8) is 0 Å². The lowest BCUT2D eigenvalue weighted by Crippen LogP contribution is -2.42. The second-order valence-corrected chi connectivity index (χ2v) is 7.80. The predicted molar refractivity (Wildman–Crippen MR) is 144 cm³/mol. The number of rotatable bonds is 11. The number of guanidine groups is 1. The van der Waals surface area contributed by atoms with Gasteiger partial charge in [0.25, 0.3) is 0 Å². The molecule has 0 amide bonds. The summed E-state index contributed by atoms with van der Waals surface area (Å²) in [5.41, 5.74) is 2.36. The first-order valence-corrected chi connectivity index (χ1v) is 11.5. The summed E-state index contributed by atoms with van der Waals surface area (Å²) in [5.74, 6) is 2.06. The summed E-state index contributed by atoms with van der Waals surface area (Å²) < 4.78 is 10.9. The van der Waals surface area contributed by atoms with E-state index in [2.05, 4.69) is 52.8 Å². The number of hydrogen-bond donors (Lipinski definition) is 3. The molecule has 7 nitrogen and oxygen atoms in total. The second kappa shape index (κ2) is 15.0. The van der Waals surface area contributed by atoms with Gasteiger partial charge in [0.1, 0.15) is 6.61 Å². The van der Waals surface area contributed by atoms with Gasteiger partial charge in [-0.25, -0.2) is 4.99 Å². The minimum atomic E-state index is -0.0334. The van der Waals surface area contributed by atoms with Crippen LogP contribution in [-0.4, -0.2) is 62.5 Å². The molecule has 33 heavy (non-hydrogen) atoms. The van der Waals surface area contributed by atoms with Gasteiger partial charge in [0.05, 0.1) is 26.3 Å². The van der Waals surface area contributed by atoms with E-state index >= 15 is 0 Å². The molecule has 1 heterocycles. The molecule has 1 fully saturated rings. The Hall–Kier alpha value is -2.04. The Morgan fingerprint density at radius 2 is 1.85 bits per heavy atom. The van der Waals surface area contributed by atoms with Crippen LogP contribution < -0.4 is 20.1 Å². The Kier molecular flexibility index (Phi) is 12.3.